The largest absolute Gasteiger partial charge is 0.399 e. The molecule has 0 heterocycles. The fourth-order valence-corrected chi connectivity index (χ4v) is 2.25. The van der Waals surface area contributed by atoms with Gasteiger partial charge in [0.05, 0.1) is 11.8 Å². The number of aliphatic hydroxyl groups excluding tert-OH is 1. The molecule has 1 N–H and O–H groups in total. The van der Waals surface area contributed by atoms with Crippen LogP contribution in [0.4, 0.5) is 0 Å². The number of aliphatic hydroxyl groups is 1. The molecule has 2 aromatic rings. The van der Waals surface area contributed by atoms with E-state index in [4.69, 9.17) is 4.84 Å². The minimum absolute atomic E-state index is 0.431. The van der Waals surface area contributed by atoms with E-state index >= 15 is 0 Å². The molecular weight excluding hydrogens is 262 g/mol. The molecule has 0 spiro atoms. The van der Waals surface area contributed by atoms with Gasteiger partial charge in [-0.3, -0.25) is 0 Å². The van der Waals surface area contributed by atoms with Crippen LogP contribution in [0.3, 0.4) is 0 Å². The monoisotopic (exact) mass is 283 g/mol. The number of benzene rings is 2. The van der Waals surface area contributed by atoms with Crippen molar-refractivity contribution in [2.75, 3.05) is 7.11 Å². The zero-order valence-corrected chi connectivity index (χ0v) is 12.3. The highest BCUT2D eigenvalue weighted by molar-refractivity contribution is 6.00. The van der Waals surface area contributed by atoms with Crippen molar-refractivity contribution in [3.8, 4) is 0 Å². The Morgan fingerprint density at radius 3 is 2.29 bits per heavy atom. The molecule has 0 radical (unpaired) electrons. The van der Waals surface area contributed by atoms with Gasteiger partial charge in [-0.05, 0) is 24.0 Å². The van der Waals surface area contributed by atoms with Crippen LogP contribution in [0.5, 0.6) is 0 Å². The van der Waals surface area contributed by atoms with Crippen LogP contribution in [0.25, 0.3) is 0 Å². The second kappa shape index (κ2) is 8.22. The molecule has 110 valence electrons. The molecule has 0 aromatic heterocycles. The highest BCUT2D eigenvalue weighted by atomic mass is 16.6. The summed E-state index contributed by atoms with van der Waals surface area (Å²) in [6, 6.07) is 20.0. The average Bonchev–Trinajstić information content (AvgIpc) is 2.54. The lowest BCUT2D eigenvalue weighted by molar-refractivity contribution is 0.168. The summed E-state index contributed by atoms with van der Waals surface area (Å²) in [5.74, 6) is 0. The van der Waals surface area contributed by atoms with Crippen LogP contribution in [-0.4, -0.2) is 24.0 Å². The van der Waals surface area contributed by atoms with Gasteiger partial charge in [-0.15, -0.1) is 0 Å². The summed E-state index contributed by atoms with van der Waals surface area (Å²) in [6.07, 6.45) is 1.63. The van der Waals surface area contributed by atoms with Crippen LogP contribution >= 0.6 is 0 Å². The van der Waals surface area contributed by atoms with Gasteiger partial charge in [0, 0.05) is 6.42 Å². The van der Waals surface area contributed by atoms with E-state index in [-0.39, 0.29) is 0 Å². The van der Waals surface area contributed by atoms with Gasteiger partial charge in [-0.1, -0.05) is 65.8 Å². The van der Waals surface area contributed by atoms with E-state index in [1.165, 1.54) is 12.7 Å². The van der Waals surface area contributed by atoms with Crippen molar-refractivity contribution >= 4 is 5.71 Å². The molecule has 1 atom stereocenters. The van der Waals surface area contributed by atoms with E-state index in [9.17, 15) is 5.11 Å². The van der Waals surface area contributed by atoms with E-state index < -0.39 is 6.10 Å². The van der Waals surface area contributed by atoms with E-state index in [0.29, 0.717) is 12.8 Å². The Morgan fingerprint density at radius 1 is 1.05 bits per heavy atom. The molecule has 0 bridgehead atoms. The summed E-state index contributed by atoms with van der Waals surface area (Å²) in [5.41, 5.74) is 3.00. The zero-order valence-electron chi connectivity index (χ0n) is 12.3. The second-order valence-electron chi connectivity index (χ2n) is 4.97. The van der Waals surface area contributed by atoms with Crippen molar-refractivity contribution in [3.63, 3.8) is 0 Å². The second-order valence-corrected chi connectivity index (χ2v) is 4.97. The summed E-state index contributed by atoms with van der Waals surface area (Å²) in [6.45, 7) is 0. The number of oxime groups is 1. The standard InChI is InChI=1S/C18H21NO2/c1-21-19-18(16-10-6-3-7-11-16)14-17(20)13-12-15-8-4-2-5-9-15/h2-11,17,20H,12-14H2,1H3/b19-18-. The molecule has 3 heteroatoms. The molecule has 0 fully saturated rings. The molecule has 0 aliphatic carbocycles. The summed E-state index contributed by atoms with van der Waals surface area (Å²) < 4.78 is 0. The lowest BCUT2D eigenvalue weighted by Crippen LogP contribution is -2.15. The Hall–Kier alpha value is -2.13. The van der Waals surface area contributed by atoms with Gasteiger partial charge in [0.2, 0.25) is 0 Å². The third-order valence-corrected chi connectivity index (χ3v) is 3.35. The van der Waals surface area contributed by atoms with Crippen LogP contribution in [0, 0.1) is 0 Å². The van der Waals surface area contributed by atoms with Gasteiger partial charge in [-0.2, -0.15) is 0 Å². The SMILES string of the molecule is CO/N=C(/CC(O)CCc1ccccc1)c1ccccc1. The predicted molar refractivity (Wildman–Crippen MR) is 85.4 cm³/mol. The maximum Gasteiger partial charge on any atom is 0.106 e. The van der Waals surface area contributed by atoms with Gasteiger partial charge in [-0.25, -0.2) is 0 Å². The molecule has 0 amide bonds. The topological polar surface area (TPSA) is 41.8 Å². The van der Waals surface area contributed by atoms with Crippen LogP contribution in [0.2, 0.25) is 0 Å². The Kier molecular flexibility index (Phi) is 5.98. The summed E-state index contributed by atoms with van der Waals surface area (Å²) in [4.78, 5) is 4.90. The number of nitrogens with zero attached hydrogens (tertiary/aromatic N) is 1. The van der Waals surface area contributed by atoms with Crippen molar-refractivity contribution in [2.24, 2.45) is 5.16 Å². The van der Waals surface area contributed by atoms with E-state index in [0.717, 1.165) is 17.7 Å². The van der Waals surface area contributed by atoms with Crippen molar-refractivity contribution in [2.45, 2.75) is 25.4 Å². The molecular formula is C18H21NO2. The Bertz CT molecular complexity index is 552. The first-order valence-corrected chi connectivity index (χ1v) is 7.17. The molecule has 3 nitrogen and oxygen atoms in total. The molecule has 0 aliphatic heterocycles. The fourth-order valence-electron chi connectivity index (χ4n) is 2.25. The molecule has 0 saturated carbocycles. The maximum absolute atomic E-state index is 10.2. The number of hydrogen-bond acceptors (Lipinski definition) is 3. The number of aryl methyl sites for hydroxylation is 1. The van der Waals surface area contributed by atoms with E-state index in [1.54, 1.807) is 0 Å². The number of rotatable bonds is 7. The predicted octanol–water partition coefficient (Wildman–Crippen LogP) is 3.42. The van der Waals surface area contributed by atoms with Gasteiger partial charge in [0.15, 0.2) is 0 Å². The maximum atomic E-state index is 10.2. The van der Waals surface area contributed by atoms with Crippen LogP contribution < -0.4 is 0 Å². The normalized spacial score (nSPS) is 13.0. The Balaban J connectivity index is 1.93. The lowest BCUT2D eigenvalue weighted by atomic mass is 10.00. The van der Waals surface area contributed by atoms with Crippen molar-refractivity contribution in [1.29, 1.82) is 0 Å². The van der Waals surface area contributed by atoms with Crippen molar-refractivity contribution < 1.29 is 9.94 Å². The first kappa shape index (κ1) is 15.3. The zero-order chi connectivity index (χ0) is 14.9. The summed E-state index contributed by atoms with van der Waals surface area (Å²) >= 11 is 0. The molecule has 21 heavy (non-hydrogen) atoms. The van der Waals surface area contributed by atoms with E-state index in [1.807, 2.05) is 48.5 Å². The summed E-state index contributed by atoms with van der Waals surface area (Å²) in [7, 11) is 1.53. The third-order valence-electron chi connectivity index (χ3n) is 3.35. The van der Waals surface area contributed by atoms with Crippen LogP contribution in [-0.2, 0) is 11.3 Å². The third kappa shape index (κ3) is 5.04. The summed E-state index contributed by atoms with van der Waals surface area (Å²) in [5, 5.41) is 14.3. The molecule has 2 rings (SSSR count). The van der Waals surface area contributed by atoms with Crippen LogP contribution in [0.1, 0.15) is 24.0 Å². The Morgan fingerprint density at radius 2 is 1.67 bits per heavy atom. The van der Waals surface area contributed by atoms with Gasteiger partial charge in [0.1, 0.15) is 7.11 Å². The van der Waals surface area contributed by atoms with Gasteiger partial charge < -0.3 is 9.94 Å². The average molecular weight is 283 g/mol. The first-order valence-electron chi connectivity index (χ1n) is 7.17. The smallest absolute Gasteiger partial charge is 0.106 e. The molecule has 2 aromatic carbocycles. The molecule has 1 unspecified atom stereocenters. The fraction of sp³-hybridized carbons (Fsp3) is 0.278. The van der Waals surface area contributed by atoms with Crippen LogP contribution in [0.15, 0.2) is 65.8 Å². The number of hydrogen-bond donors (Lipinski definition) is 1. The minimum atomic E-state index is -0.431. The minimum Gasteiger partial charge on any atom is -0.399 e. The van der Waals surface area contributed by atoms with Crippen molar-refractivity contribution in [3.05, 3.63) is 71.8 Å². The highest BCUT2D eigenvalue weighted by Crippen LogP contribution is 2.12. The Labute approximate surface area is 125 Å². The first-order chi connectivity index (χ1) is 10.3. The van der Waals surface area contributed by atoms with E-state index in [2.05, 4.69) is 17.3 Å². The quantitative estimate of drug-likeness (QED) is 0.625. The lowest BCUT2D eigenvalue weighted by Gasteiger charge is -2.12. The van der Waals surface area contributed by atoms with Gasteiger partial charge in [0.25, 0.3) is 0 Å². The van der Waals surface area contributed by atoms with Gasteiger partial charge >= 0.3 is 0 Å². The molecule has 0 aliphatic rings. The highest BCUT2D eigenvalue weighted by Gasteiger charge is 2.12. The molecule has 0 saturated heterocycles. The van der Waals surface area contributed by atoms with Crippen molar-refractivity contribution in [1.82, 2.24) is 0 Å².